The lowest BCUT2D eigenvalue weighted by Crippen LogP contribution is -1.74. The molecule has 2 rings (SSSR count). The zero-order chi connectivity index (χ0) is 8.39. The lowest BCUT2D eigenvalue weighted by atomic mass is 10.1. The molecule has 0 N–H and O–H groups in total. The third-order valence-corrected chi connectivity index (χ3v) is 2.45. The molecule has 0 aliphatic rings. The molecule has 0 aliphatic carbocycles. The highest BCUT2D eigenvalue weighted by Crippen LogP contribution is 2.21. The largest absolute Gasteiger partial charge is 0.142 e. The van der Waals surface area contributed by atoms with Gasteiger partial charge in [-0.3, -0.25) is 0 Å². The highest BCUT2D eigenvalue weighted by Gasteiger charge is 1.96. The number of hydrogen-bond acceptors (Lipinski definition) is 1. The summed E-state index contributed by atoms with van der Waals surface area (Å²) in [5.74, 6) is 0. The molecule has 1 aromatic heterocycles. The van der Waals surface area contributed by atoms with Crippen LogP contribution in [-0.4, -0.2) is 0 Å². The minimum absolute atomic E-state index is 1.27. The molecule has 0 unspecified atom stereocenters. The van der Waals surface area contributed by atoms with E-state index in [1.165, 1.54) is 16.7 Å². The van der Waals surface area contributed by atoms with Gasteiger partial charge in [-0.15, -0.1) is 11.3 Å². The van der Waals surface area contributed by atoms with Crippen LogP contribution in [0.1, 0.15) is 5.56 Å². The highest BCUT2D eigenvalue weighted by atomic mass is 32.1. The maximum atomic E-state index is 3.09. The number of benzene rings is 1. The average molecular weight is 173 g/mol. The Kier molecular flexibility index (Phi) is 1.96. The normalized spacial score (nSPS) is 10.1. The molecule has 0 amide bonds. The summed E-state index contributed by atoms with van der Waals surface area (Å²) >= 11 is 1.62. The van der Waals surface area contributed by atoms with Crippen molar-refractivity contribution in [2.75, 3.05) is 0 Å². The molecular formula is C11H9S. The van der Waals surface area contributed by atoms with Crippen molar-refractivity contribution >= 4 is 11.3 Å². The van der Waals surface area contributed by atoms with E-state index in [-0.39, 0.29) is 0 Å². The van der Waals surface area contributed by atoms with Gasteiger partial charge in [0.2, 0.25) is 0 Å². The Bertz CT molecular complexity index is 360. The Morgan fingerprint density at radius 2 is 2.17 bits per heavy atom. The van der Waals surface area contributed by atoms with Gasteiger partial charge in [0.1, 0.15) is 0 Å². The molecular weight excluding hydrogens is 164 g/mol. The van der Waals surface area contributed by atoms with E-state index in [4.69, 9.17) is 0 Å². The van der Waals surface area contributed by atoms with Crippen LogP contribution in [0.4, 0.5) is 0 Å². The fraction of sp³-hybridized carbons (Fsp3) is 0.0909. The SMILES string of the molecule is Cc1cccc(-c2c[c]sc2)c1. The highest BCUT2D eigenvalue weighted by molar-refractivity contribution is 7.07. The van der Waals surface area contributed by atoms with Crippen LogP contribution >= 0.6 is 11.3 Å². The fourth-order valence-corrected chi connectivity index (χ4v) is 1.80. The average Bonchev–Trinajstić information content (AvgIpc) is 2.56. The van der Waals surface area contributed by atoms with Crippen LogP contribution in [-0.2, 0) is 0 Å². The van der Waals surface area contributed by atoms with Crippen molar-refractivity contribution in [3.8, 4) is 11.1 Å². The van der Waals surface area contributed by atoms with Crippen LogP contribution in [0.25, 0.3) is 11.1 Å². The molecule has 12 heavy (non-hydrogen) atoms. The van der Waals surface area contributed by atoms with Gasteiger partial charge in [-0.1, -0.05) is 29.8 Å². The number of thiophene rings is 1. The minimum Gasteiger partial charge on any atom is -0.142 e. The second-order valence-corrected chi connectivity index (χ2v) is 3.53. The fourth-order valence-electron chi connectivity index (χ4n) is 1.21. The third kappa shape index (κ3) is 1.41. The first-order valence-electron chi connectivity index (χ1n) is 3.88. The Balaban J connectivity index is 2.48. The van der Waals surface area contributed by atoms with Crippen LogP contribution in [0.5, 0.6) is 0 Å². The van der Waals surface area contributed by atoms with E-state index in [1.807, 2.05) is 6.07 Å². The Hall–Kier alpha value is -1.08. The molecule has 0 aliphatic heterocycles. The van der Waals surface area contributed by atoms with Crippen molar-refractivity contribution in [1.29, 1.82) is 0 Å². The van der Waals surface area contributed by atoms with Gasteiger partial charge < -0.3 is 0 Å². The van der Waals surface area contributed by atoms with E-state index in [2.05, 4.69) is 41.9 Å². The summed E-state index contributed by atoms with van der Waals surface area (Å²) in [6.45, 7) is 2.11. The zero-order valence-corrected chi connectivity index (χ0v) is 7.69. The summed E-state index contributed by atoms with van der Waals surface area (Å²) in [5.41, 5.74) is 3.86. The van der Waals surface area contributed by atoms with Gasteiger partial charge in [0.15, 0.2) is 0 Å². The molecule has 1 heteroatoms. The second kappa shape index (κ2) is 3.11. The molecule has 0 atom stereocenters. The van der Waals surface area contributed by atoms with Gasteiger partial charge in [0, 0.05) is 5.38 Å². The van der Waals surface area contributed by atoms with Crippen molar-refractivity contribution in [3.63, 3.8) is 0 Å². The predicted octanol–water partition coefficient (Wildman–Crippen LogP) is 3.52. The molecule has 0 saturated carbocycles. The van der Waals surface area contributed by atoms with Gasteiger partial charge in [-0.2, -0.15) is 0 Å². The molecule has 0 fully saturated rings. The molecule has 0 nitrogen and oxygen atoms in total. The summed E-state index contributed by atoms with van der Waals surface area (Å²) < 4.78 is 0. The van der Waals surface area contributed by atoms with Crippen molar-refractivity contribution < 1.29 is 0 Å². The standard InChI is InChI=1S/C11H9S/c1-9-3-2-4-10(7-9)11-5-6-12-8-11/h2-5,7-8H,1H3. The van der Waals surface area contributed by atoms with Crippen LogP contribution < -0.4 is 0 Å². The predicted molar refractivity (Wildman–Crippen MR) is 53.3 cm³/mol. The van der Waals surface area contributed by atoms with Crippen LogP contribution in [0, 0.1) is 12.3 Å². The molecule has 1 aromatic carbocycles. The van der Waals surface area contributed by atoms with Gasteiger partial charge in [0.05, 0.1) is 0 Å². The zero-order valence-electron chi connectivity index (χ0n) is 6.87. The summed E-state index contributed by atoms with van der Waals surface area (Å²) in [4.78, 5) is 0. The maximum absolute atomic E-state index is 3.09. The molecule has 1 heterocycles. The summed E-state index contributed by atoms with van der Waals surface area (Å²) in [7, 11) is 0. The van der Waals surface area contributed by atoms with Crippen molar-refractivity contribution in [3.05, 3.63) is 46.7 Å². The monoisotopic (exact) mass is 173 g/mol. The first kappa shape index (κ1) is 7.56. The van der Waals surface area contributed by atoms with E-state index < -0.39 is 0 Å². The number of aryl methyl sites for hydroxylation is 1. The molecule has 59 valence electrons. The quantitative estimate of drug-likeness (QED) is 0.619. The molecule has 2 aromatic rings. The van der Waals surface area contributed by atoms with Gasteiger partial charge in [-0.05, 0) is 29.5 Å². The van der Waals surface area contributed by atoms with E-state index in [1.54, 1.807) is 11.3 Å². The minimum atomic E-state index is 1.27. The molecule has 0 saturated heterocycles. The molecule has 1 radical (unpaired) electrons. The van der Waals surface area contributed by atoms with E-state index in [9.17, 15) is 0 Å². The third-order valence-electron chi connectivity index (χ3n) is 1.82. The van der Waals surface area contributed by atoms with Crippen LogP contribution in [0.2, 0.25) is 0 Å². The summed E-state index contributed by atoms with van der Waals surface area (Å²) in [5, 5.41) is 5.21. The number of hydrogen-bond donors (Lipinski definition) is 0. The Morgan fingerprint density at radius 1 is 1.25 bits per heavy atom. The van der Waals surface area contributed by atoms with Gasteiger partial charge in [-0.25, -0.2) is 0 Å². The summed E-state index contributed by atoms with van der Waals surface area (Å²) in [6, 6.07) is 10.5. The van der Waals surface area contributed by atoms with Crippen molar-refractivity contribution in [2.24, 2.45) is 0 Å². The number of rotatable bonds is 1. The summed E-state index contributed by atoms with van der Waals surface area (Å²) in [6.07, 6.45) is 0. The van der Waals surface area contributed by atoms with Gasteiger partial charge in [0.25, 0.3) is 0 Å². The van der Waals surface area contributed by atoms with Crippen LogP contribution in [0.3, 0.4) is 0 Å². The van der Waals surface area contributed by atoms with E-state index in [0.717, 1.165) is 0 Å². The Morgan fingerprint density at radius 3 is 2.83 bits per heavy atom. The molecule has 0 spiro atoms. The lowest BCUT2D eigenvalue weighted by molar-refractivity contribution is 1.47. The smallest absolute Gasteiger partial charge is 0.0449 e. The lowest BCUT2D eigenvalue weighted by Gasteiger charge is -1.97. The van der Waals surface area contributed by atoms with Crippen molar-refractivity contribution in [2.45, 2.75) is 6.92 Å². The second-order valence-electron chi connectivity index (χ2n) is 2.82. The van der Waals surface area contributed by atoms with E-state index in [0.29, 0.717) is 0 Å². The topological polar surface area (TPSA) is 0 Å². The first-order valence-corrected chi connectivity index (χ1v) is 4.76. The molecule has 0 bridgehead atoms. The van der Waals surface area contributed by atoms with E-state index >= 15 is 0 Å². The van der Waals surface area contributed by atoms with Gasteiger partial charge >= 0.3 is 0 Å². The first-order chi connectivity index (χ1) is 5.86. The maximum Gasteiger partial charge on any atom is 0.0449 e. The Labute approximate surface area is 76.5 Å². The van der Waals surface area contributed by atoms with Crippen molar-refractivity contribution in [1.82, 2.24) is 0 Å². The van der Waals surface area contributed by atoms with Crippen LogP contribution in [0.15, 0.2) is 35.7 Å².